The van der Waals surface area contributed by atoms with Crippen molar-refractivity contribution in [2.75, 3.05) is 7.05 Å². The van der Waals surface area contributed by atoms with Gasteiger partial charge in [-0.15, -0.1) is 22.7 Å². The summed E-state index contributed by atoms with van der Waals surface area (Å²) in [5.74, 6) is 0. The Balaban J connectivity index is 1.89. The molecule has 20 heavy (non-hydrogen) atoms. The van der Waals surface area contributed by atoms with Gasteiger partial charge in [0.25, 0.3) is 0 Å². The number of fused-ring (bicyclic) bond motifs is 1. The van der Waals surface area contributed by atoms with Crippen LogP contribution in [0.5, 0.6) is 0 Å². The number of hydrogen-bond acceptors (Lipinski definition) is 4. The molecule has 0 fully saturated rings. The van der Waals surface area contributed by atoms with E-state index in [2.05, 4.69) is 65.2 Å². The van der Waals surface area contributed by atoms with Gasteiger partial charge in [-0.25, -0.2) is 0 Å². The molecule has 3 aromatic rings. The Labute approximate surface area is 131 Å². The van der Waals surface area contributed by atoms with Crippen molar-refractivity contribution in [1.29, 1.82) is 0 Å². The lowest BCUT2D eigenvalue weighted by molar-refractivity contribution is 0.212. The van der Waals surface area contributed by atoms with E-state index in [9.17, 15) is 0 Å². The Bertz CT molecular complexity index is 755. The normalized spacial score (nSPS) is 13.2. The molecule has 0 bridgehead atoms. The molecule has 3 rings (SSSR count). The number of para-hydroxylation sites is 1. The fraction of sp³-hybridized carbons (Fsp3) is 0.267. The van der Waals surface area contributed by atoms with E-state index in [4.69, 9.17) is 12.2 Å². The van der Waals surface area contributed by atoms with Crippen LogP contribution in [0.4, 0.5) is 0 Å². The van der Waals surface area contributed by atoms with Gasteiger partial charge in [-0.05, 0) is 49.8 Å². The highest BCUT2D eigenvalue weighted by molar-refractivity contribution is 7.73. The minimum Gasteiger partial charge on any atom is -0.309 e. The molecule has 2 aromatic heterocycles. The van der Waals surface area contributed by atoms with Crippen LogP contribution in [0.3, 0.4) is 0 Å². The van der Waals surface area contributed by atoms with Crippen LogP contribution in [0.2, 0.25) is 0 Å². The highest BCUT2D eigenvalue weighted by atomic mass is 32.1. The topological polar surface area (TPSA) is 8.17 Å². The lowest BCUT2D eigenvalue weighted by Crippen LogP contribution is -2.24. The van der Waals surface area contributed by atoms with Gasteiger partial charge in [0.2, 0.25) is 0 Å². The predicted octanol–water partition coefficient (Wildman–Crippen LogP) is 5.14. The summed E-state index contributed by atoms with van der Waals surface area (Å²) >= 11 is 9.00. The van der Waals surface area contributed by atoms with Gasteiger partial charge in [0.15, 0.2) is 3.95 Å². The Morgan fingerprint density at radius 2 is 2.05 bits per heavy atom. The van der Waals surface area contributed by atoms with Gasteiger partial charge in [-0.2, -0.15) is 0 Å². The lowest BCUT2D eigenvalue weighted by atomic mass is 10.2. The summed E-state index contributed by atoms with van der Waals surface area (Å²) in [6, 6.07) is 13.1. The molecule has 1 aromatic carbocycles. The van der Waals surface area contributed by atoms with Crippen molar-refractivity contribution in [3.8, 4) is 0 Å². The zero-order valence-electron chi connectivity index (χ0n) is 11.4. The summed E-state index contributed by atoms with van der Waals surface area (Å²) in [5, 5.41) is 2.13. The molecule has 2 nitrogen and oxygen atoms in total. The Kier molecular flexibility index (Phi) is 4.03. The Morgan fingerprint density at radius 1 is 1.25 bits per heavy atom. The van der Waals surface area contributed by atoms with Crippen LogP contribution in [0.1, 0.15) is 17.8 Å². The van der Waals surface area contributed by atoms with E-state index in [0.717, 1.165) is 10.6 Å². The summed E-state index contributed by atoms with van der Waals surface area (Å²) < 4.78 is 4.42. The number of hydrogen-bond donors (Lipinski definition) is 0. The van der Waals surface area contributed by atoms with Gasteiger partial charge < -0.3 is 4.57 Å². The van der Waals surface area contributed by atoms with E-state index in [1.54, 1.807) is 22.7 Å². The van der Waals surface area contributed by atoms with E-state index in [1.807, 2.05) is 0 Å². The van der Waals surface area contributed by atoms with Crippen LogP contribution >= 0.6 is 34.9 Å². The second-order valence-corrected chi connectivity index (χ2v) is 7.51. The SMILES string of the molecule is C[C@H](c1cccs1)N(C)Cn1c(=S)sc2ccccc21. The maximum atomic E-state index is 5.52. The minimum absolute atomic E-state index is 0.399. The number of rotatable bonds is 4. The number of nitrogens with zero attached hydrogens (tertiary/aromatic N) is 2. The molecular formula is C15H16N2S3. The Hall–Kier alpha value is -1.01. The molecule has 0 saturated heterocycles. The van der Waals surface area contributed by atoms with E-state index in [0.29, 0.717) is 6.04 Å². The van der Waals surface area contributed by atoms with E-state index < -0.39 is 0 Å². The fourth-order valence-electron chi connectivity index (χ4n) is 2.24. The first-order chi connectivity index (χ1) is 9.66. The highest BCUT2D eigenvalue weighted by Crippen LogP contribution is 2.27. The summed E-state index contributed by atoms with van der Waals surface area (Å²) in [5.41, 5.74) is 1.23. The van der Waals surface area contributed by atoms with Crippen molar-refractivity contribution in [1.82, 2.24) is 9.47 Å². The van der Waals surface area contributed by atoms with Crippen molar-refractivity contribution >= 4 is 45.1 Å². The zero-order valence-corrected chi connectivity index (χ0v) is 13.9. The number of thiazole rings is 1. The maximum absolute atomic E-state index is 5.52. The molecule has 5 heteroatoms. The van der Waals surface area contributed by atoms with E-state index >= 15 is 0 Å². The lowest BCUT2D eigenvalue weighted by Gasteiger charge is -2.24. The van der Waals surface area contributed by atoms with Crippen molar-refractivity contribution in [2.45, 2.75) is 19.6 Å². The molecule has 0 N–H and O–H groups in total. The van der Waals surface area contributed by atoms with Gasteiger partial charge >= 0.3 is 0 Å². The molecule has 0 spiro atoms. The smallest absolute Gasteiger partial charge is 0.163 e. The van der Waals surface area contributed by atoms with Gasteiger partial charge in [0, 0.05) is 10.9 Å². The van der Waals surface area contributed by atoms with Gasteiger partial charge in [0.1, 0.15) is 0 Å². The third kappa shape index (κ3) is 2.59. The predicted molar refractivity (Wildman–Crippen MR) is 91.1 cm³/mol. The third-order valence-electron chi connectivity index (χ3n) is 3.55. The molecule has 0 aliphatic rings. The number of aromatic nitrogens is 1. The molecule has 1 atom stereocenters. The van der Waals surface area contributed by atoms with E-state index in [-0.39, 0.29) is 0 Å². The summed E-state index contributed by atoms with van der Waals surface area (Å²) in [6.07, 6.45) is 0. The Morgan fingerprint density at radius 3 is 2.80 bits per heavy atom. The average molecular weight is 321 g/mol. The van der Waals surface area contributed by atoms with Crippen molar-refractivity contribution < 1.29 is 0 Å². The summed E-state index contributed by atoms with van der Waals surface area (Å²) in [4.78, 5) is 3.72. The molecule has 0 amide bonds. The second-order valence-electron chi connectivity index (χ2n) is 4.85. The fourth-order valence-corrected chi connectivity index (χ4v) is 4.40. The number of benzene rings is 1. The van der Waals surface area contributed by atoms with Crippen LogP contribution in [-0.4, -0.2) is 16.5 Å². The number of thiophene rings is 1. The van der Waals surface area contributed by atoms with Crippen molar-refractivity contribution in [3.63, 3.8) is 0 Å². The van der Waals surface area contributed by atoms with Crippen LogP contribution in [0.25, 0.3) is 10.2 Å². The first-order valence-corrected chi connectivity index (χ1v) is 8.59. The quantitative estimate of drug-likeness (QED) is 0.615. The maximum Gasteiger partial charge on any atom is 0.163 e. The first-order valence-electron chi connectivity index (χ1n) is 6.49. The molecule has 0 saturated carbocycles. The molecule has 0 aliphatic carbocycles. The van der Waals surface area contributed by atoms with Crippen LogP contribution in [-0.2, 0) is 6.67 Å². The second kappa shape index (κ2) is 5.77. The van der Waals surface area contributed by atoms with Crippen LogP contribution in [0, 0.1) is 3.95 Å². The summed E-state index contributed by atoms with van der Waals surface area (Å²) in [6.45, 7) is 3.06. The minimum atomic E-state index is 0.399. The van der Waals surface area contributed by atoms with Crippen molar-refractivity contribution in [2.24, 2.45) is 0 Å². The zero-order chi connectivity index (χ0) is 14.1. The molecule has 0 aliphatic heterocycles. The standard InChI is InChI=1S/C15H16N2S3/c1-11(13-8-5-9-19-13)16(2)10-17-12-6-3-4-7-14(12)20-15(17)18/h3-9,11H,10H2,1-2H3/t11-/m1/s1. The monoisotopic (exact) mass is 320 g/mol. The van der Waals surface area contributed by atoms with Gasteiger partial charge in [-0.3, -0.25) is 4.90 Å². The summed E-state index contributed by atoms with van der Waals surface area (Å²) in [7, 11) is 2.15. The molecule has 2 heterocycles. The third-order valence-corrected chi connectivity index (χ3v) is 6.03. The largest absolute Gasteiger partial charge is 0.309 e. The van der Waals surface area contributed by atoms with E-state index in [1.165, 1.54) is 15.1 Å². The van der Waals surface area contributed by atoms with Crippen molar-refractivity contribution in [3.05, 3.63) is 50.6 Å². The van der Waals surface area contributed by atoms with Gasteiger partial charge in [-0.1, -0.05) is 18.2 Å². The first kappa shape index (κ1) is 13.9. The van der Waals surface area contributed by atoms with Crippen LogP contribution < -0.4 is 0 Å². The van der Waals surface area contributed by atoms with Crippen LogP contribution in [0.15, 0.2) is 41.8 Å². The molecule has 0 unspecified atom stereocenters. The van der Waals surface area contributed by atoms with Gasteiger partial charge in [0.05, 0.1) is 16.9 Å². The molecule has 0 radical (unpaired) electrons. The highest BCUT2D eigenvalue weighted by Gasteiger charge is 2.14. The molecular weight excluding hydrogens is 304 g/mol. The average Bonchev–Trinajstić information content (AvgIpc) is 3.07. The molecule has 104 valence electrons.